The Morgan fingerprint density at radius 2 is 2.00 bits per heavy atom. The molecule has 25 heavy (non-hydrogen) atoms. The van der Waals surface area contributed by atoms with Crippen molar-refractivity contribution in [1.82, 2.24) is 10.2 Å². The predicted molar refractivity (Wildman–Crippen MR) is 100 cm³/mol. The maximum Gasteiger partial charge on any atom is 0.223 e. The first kappa shape index (κ1) is 19.2. The molecule has 0 saturated heterocycles. The zero-order valence-corrected chi connectivity index (χ0v) is 15.6. The van der Waals surface area contributed by atoms with Crippen LogP contribution in [0.3, 0.4) is 0 Å². The van der Waals surface area contributed by atoms with Crippen molar-refractivity contribution >= 4 is 17.9 Å². The van der Waals surface area contributed by atoms with Crippen LogP contribution in [0.5, 0.6) is 0 Å². The van der Waals surface area contributed by atoms with Gasteiger partial charge in [-0.3, -0.25) is 9.59 Å². The monoisotopic (exact) mass is 343 g/mol. The fraction of sp³-hybridized carbons (Fsp3) is 0.500. The normalized spacial score (nSPS) is 18.6. The van der Waals surface area contributed by atoms with Crippen molar-refractivity contribution in [2.75, 3.05) is 6.54 Å². The minimum Gasteiger partial charge on any atom is -0.350 e. The van der Waals surface area contributed by atoms with Crippen LogP contribution >= 0.6 is 0 Å². The van der Waals surface area contributed by atoms with Gasteiger partial charge in [0.15, 0.2) is 0 Å². The third-order valence-electron chi connectivity index (χ3n) is 4.60. The van der Waals surface area contributed by atoms with Gasteiger partial charge in [-0.05, 0) is 36.5 Å². The molecule has 1 aliphatic heterocycles. The molecule has 3 N–H and O–H groups in total. The molecule has 0 radical (unpaired) electrons. The van der Waals surface area contributed by atoms with E-state index in [1.54, 1.807) is 11.1 Å². The third-order valence-corrected chi connectivity index (χ3v) is 4.60. The summed E-state index contributed by atoms with van der Waals surface area (Å²) in [4.78, 5) is 26.4. The second-order valence-electron chi connectivity index (χ2n) is 7.50. The van der Waals surface area contributed by atoms with Crippen LogP contribution < -0.4 is 11.1 Å². The van der Waals surface area contributed by atoms with Crippen molar-refractivity contribution in [3.05, 3.63) is 41.6 Å². The SMILES string of the molecule is CC(=O)N1C=Cc2ccccc2C1CC(=O)NC(C)(CN)CC(C)C. The van der Waals surface area contributed by atoms with Crippen LogP contribution in [0, 0.1) is 5.92 Å². The number of rotatable bonds is 6. The predicted octanol–water partition coefficient (Wildman–Crippen LogP) is 2.83. The molecule has 5 nitrogen and oxygen atoms in total. The summed E-state index contributed by atoms with van der Waals surface area (Å²) in [6.07, 6.45) is 4.70. The number of hydrogen-bond donors (Lipinski definition) is 2. The summed E-state index contributed by atoms with van der Waals surface area (Å²) in [5.74, 6) is 0.267. The Kier molecular flexibility index (Phi) is 6.01. The highest BCUT2D eigenvalue weighted by Gasteiger charge is 2.31. The summed E-state index contributed by atoms with van der Waals surface area (Å²) in [6, 6.07) is 7.57. The van der Waals surface area contributed by atoms with E-state index in [1.807, 2.05) is 37.3 Å². The Morgan fingerprint density at radius 3 is 2.60 bits per heavy atom. The first-order chi connectivity index (χ1) is 11.8. The van der Waals surface area contributed by atoms with E-state index in [0.717, 1.165) is 17.5 Å². The molecule has 1 aromatic carbocycles. The molecule has 0 aromatic heterocycles. The van der Waals surface area contributed by atoms with Gasteiger partial charge in [-0.1, -0.05) is 38.1 Å². The molecule has 136 valence electrons. The molecular weight excluding hydrogens is 314 g/mol. The van der Waals surface area contributed by atoms with E-state index < -0.39 is 5.54 Å². The largest absolute Gasteiger partial charge is 0.350 e. The van der Waals surface area contributed by atoms with E-state index in [1.165, 1.54) is 6.92 Å². The van der Waals surface area contributed by atoms with Gasteiger partial charge in [-0.2, -0.15) is 0 Å². The summed E-state index contributed by atoms with van der Waals surface area (Å²) < 4.78 is 0. The molecule has 1 aliphatic rings. The summed E-state index contributed by atoms with van der Waals surface area (Å²) in [5.41, 5.74) is 7.50. The molecule has 0 spiro atoms. The summed E-state index contributed by atoms with van der Waals surface area (Å²) in [5, 5.41) is 3.09. The van der Waals surface area contributed by atoms with Gasteiger partial charge in [0.25, 0.3) is 0 Å². The fourth-order valence-electron chi connectivity index (χ4n) is 3.56. The highest BCUT2D eigenvalue weighted by atomic mass is 16.2. The molecule has 2 unspecified atom stereocenters. The third kappa shape index (κ3) is 4.69. The second-order valence-corrected chi connectivity index (χ2v) is 7.50. The fourth-order valence-corrected chi connectivity index (χ4v) is 3.56. The maximum atomic E-state index is 12.7. The van der Waals surface area contributed by atoms with Crippen LogP contribution in [0.4, 0.5) is 0 Å². The molecule has 2 atom stereocenters. The first-order valence-corrected chi connectivity index (χ1v) is 8.83. The Labute approximate surface area is 150 Å². The summed E-state index contributed by atoms with van der Waals surface area (Å²) in [7, 11) is 0. The van der Waals surface area contributed by atoms with Gasteiger partial charge in [0, 0.05) is 25.2 Å². The van der Waals surface area contributed by atoms with E-state index >= 15 is 0 Å². The van der Waals surface area contributed by atoms with Crippen LogP contribution in [0.15, 0.2) is 30.5 Å². The number of hydrogen-bond acceptors (Lipinski definition) is 3. The standard InChI is InChI=1S/C20H29N3O2/c1-14(2)12-20(4,13-21)22-19(25)11-18-17-8-6-5-7-16(17)9-10-23(18)15(3)24/h5-10,14,18H,11-13,21H2,1-4H3,(H,22,25). The van der Waals surface area contributed by atoms with Crippen molar-refractivity contribution in [3.8, 4) is 0 Å². The average Bonchev–Trinajstić information content (AvgIpc) is 2.53. The lowest BCUT2D eigenvalue weighted by Gasteiger charge is -2.35. The van der Waals surface area contributed by atoms with E-state index in [-0.39, 0.29) is 24.3 Å². The quantitative estimate of drug-likeness (QED) is 0.834. The average molecular weight is 343 g/mol. The molecular formula is C20H29N3O2. The van der Waals surface area contributed by atoms with Gasteiger partial charge < -0.3 is 16.0 Å². The molecule has 1 heterocycles. The molecule has 1 aromatic rings. The Balaban J connectivity index is 2.19. The Morgan fingerprint density at radius 1 is 1.32 bits per heavy atom. The van der Waals surface area contributed by atoms with Gasteiger partial charge in [0.1, 0.15) is 0 Å². The van der Waals surface area contributed by atoms with Crippen LogP contribution in [0.1, 0.15) is 57.7 Å². The lowest BCUT2D eigenvalue weighted by atomic mass is 9.89. The number of carbonyl (C=O) groups is 2. The van der Waals surface area contributed by atoms with Crippen LogP contribution in [-0.4, -0.2) is 28.8 Å². The number of benzene rings is 1. The second kappa shape index (κ2) is 7.83. The van der Waals surface area contributed by atoms with Crippen molar-refractivity contribution in [3.63, 3.8) is 0 Å². The maximum absolute atomic E-state index is 12.7. The number of fused-ring (bicyclic) bond motifs is 1. The Bertz CT molecular complexity index is 669. The number of nitrogens with zero attached hydrogens (tertiary/aromatic N) is 1. The highest BCUT2D eigenvalue weighted by Crippen LogP contribution is 2.33. The van der Waals surface area contributed by atoms with E-state index in [4.69, 9.17) is 5.73 Å². The van der Waals surface area contributed by atoms with Gasteiger partial charge in [-0.25, -0.2) is 0 Å². The summed E-state index contributed by atoms with van der Waals surface area (Å²) >= 11 is 0. The van der Waals surface area contributed by atoms with Gasteiger partial charge in [0.05, 0.1) is 12.5 Å². The number of nitrogens with one attached hydrogen (secondary N) is 1. The van der Waals surface area contributed by atoms with Crippen LogP contribution in [-0.2, 0) is 9.59 Å². The van der Waals surface area contributed by atoms with Crippen molar-refractivity contribution in [2.45, 2.75) is 52.1 Å². The zero-order valence-electron chi connectivity index (χ0n) is 15.6. The molecule has 2 rings (SSSR count). The zero-order chi connectivity index (χ0) is 18.6. The molecule has 0 bridgehead atoms. The van der Waals surface area contributed by atoms with Crippen LogP contribution in [0.25, 0.3) is 6.08 Å². The van der Waals surface area contributed by atoms with E-state index in [2.05, 4.69) is 19.2 Å². The number of amides is 2. The van der Waals surface area contributed by atoms with Crippen molar-refractivity contribution in [1.29, 1.82) is 0 Å². The lowest BCUT2D eigenvalue weighted by Crippen LogP contribution is -2.52. The number of carbonyl (C=O) groups excluding carboxylic acids is 2. The molecule has 5 heteroatoms. The van der Waals surface area contributed by atoms with Crippen molar-refractivity contribution < 1.29 is 9.59 Å². The lowest BCUT2D eigenvalue weighted by molar-refractivity contribution is -0.130. The van der Waals surface area contributed by atoms with E-state index in [9.17, 15) is 9.59 Å². The Hall–Kier alpha value is -2.14. The number of nitrogens with two attached hydrogens (primary N) is 1. The minimum atomic E-state index is -0.434. The highest BCUT2D eigenvalue weighted by molar-refractivity contribution is 5.82. The molecule has 0 fully saturated rings. The summed E-state index contributed by atoms with van der Waals surface area (Å²) in [6.45, 7) is 8.10. The van der Waals surface area contributed by atoms with Gasteiger partial charge >= 0.3 is 0 Å². The van der Waals surface area contributed by atoms with Gasteiger partial charge in [0.2, 0.25) is 11.8 Å². The van der Waals surface area contributed by atoms with E-state index in [0.29, 0.717) is 12.5 Å². The minimum absolute atomic E-state index is 0.0766. The van der Waals surface area contributed by atoms with Crippen molar-refractivity contribution in [2.24, 2.45) is 11.7 Å². The molecule has 0 aliphatic carbocycles. The molecule has 0 saturated carbocycles. The smallest absolute Gasteiger partial charge is 0.223 e. The van der Waals surface area contributed by atoms with Crippen LogP contribution in [0.2, 0.25) is 0 Å². The topological polar surface area (TPSA) is 75.4 Å². The van der Waals surface area contributed by atoms with Gasteiger partial charge in [-0.15, -0.1) is 0 Å². The molecule has 2 amide bonds. The first-order valence-electron chi connectivity index (χ1n) is 8.83.